The van der Waals surface area contributed by atoms with Gasteiger partial charge in [-0.2, -0.15) is 18.4 Å². The predicted molar refractivity (Wildman–Crippen MR) is 127 cm³/mol. The van der Waals surface area contributed by atoms with Gasteiger partial charge in [-0.15, -0.1) is 10.2 Å². The van der Waals surface area contributed by atoms with Gasteiger partial charge in [-0.25, -0.2) is 4.98 Å². The first-order valence-corrected chi connectivity index (χ1v) is 12.2. The molecule has 0 spiro atoms. The molecule has 2 aliphatic rings. The Labute approximate surface area is 215 Å². The molecule has 194 valence electrons. The number of nitriles is 1. The Balaban J connectivity index is 1.38. The van der Waals surface area contributed by atoms with Gasteiger partial charge in [-0.1, -0.05) is 18.5 Å². The molecule has 2 aliphatic heterocycles. The third-order valence-electron chi connectivity index (χ3n) is 7.11. The highest BCUT2D eigenvalue weighted by Gasteiger charge is 2.41. The summed E-state index contributed by atoms with van der Waals surface area (Å²) in [4.78, 5) is 21.4. The minimum Gasteiger partial charge on any atom is -0.390 e. The molecular formula is C24H23ClF3N7O2. The monoisotopic (exact) mass is 533 g/mol. The molecule has 2 unspecified atom stereocenters. The van der Waals surface area contributed by atoms with Crippen LogP contribution in [0.4, 0.5) is 18.9 Å². The first-order valence-electron chi connectivity index (χ1n) is 11.8. The number of hydrogen-bond acceptors (Lipinski definition) is 7. The number of carbonyl (C=O) groups is 1. The van der Waals surface area contributed by atoms with Gasteiger partial charge in [-0.05, 0) is 30.5 Å². The summed E-state index contributed by atoms with van der Waals surface area (Å²) in [6.45, 7) is 2.58. The molecule has 0 bridgehead atoms. The number of amides is 1. The number of pyridine rings is 1. The Kier molecular flexibility index (Phi) is 6.45. The van der Waals surface area contributed by atoms with E-state index < -0.39 is 18.6 Å². The number of carbonyl (C=O) groups excluding carboxylic acids is 1. The zero-order valence-electron chi connectivity index (χ0n) is 19.8. The van der Waals surface area contributed by atoms with Crippen LogP contribution in [-0.4, -0.2) is 55.3 Å². The number of nitrogens with zero attached hydrogens (tertiary/aromatic N) is 7. The third-order valence-corrected chi connectivity index (χ3v) is 7.35. The molecule has 0 aliphatic carbocycles. The van der Waals surface area contributed by atoms with E-state index in [0.717, 1.165) is 4.57 Å². The van der Waals surface area contributed by atoms with Gasteiger partial charge in [0, 0.05) is 42.5 Å². The summed E-state index contributed by atoms with van der Waals surface area (Å²) in [7, 11) is 0. The van der Waals surface area contributed by atoms with Gasteiger partial charge in [-0.3, -0.25) is 4.79 Å². The zero-order chi connectivity index (χ0) is 26.5. The quantitative estimate of drug-likeness (QED) is 0.549. The molecular weight excluding hydrogens is 511 g/mol. The highest BCUT2D eigenvalue weighted by Crippen LogP contribution is 2.38. The van der Waals surface area contributed by atoms with E-state index in [0.29, 0.717) is 41.1 Å². The van der Waals surface area contributed by atoms with Crippen molar-refractivity contribution in [2.45, 2.75) is 39.2 Å². The van der Waals surface area contributed by atoms with E-state index in [4.69, 9.17) is 11.6 Å². The van der Waals surface area contributed by atoms with Crippen molar-refractivity contribution in [1.82, 2.24) is 24.6 Å². The van der Waals surface area contributed by atoms with Crippen molar-refractivity contribution >= 4 is 34.1 Å². The Morgan fingerprint density at radius 1 is 1.27 bits per heavy atom. The average molecular weight is 534 g/mol. The van der Waals surface area contributed by atoms with Crippen LogP contribution in [-0.2, 0) is 30.7 Å². The normalized spacial score (nSPS) is 20.1. The third kappa shape index (κ3) is 4.46. The Hall–Kier alpha value is -3.43. The van der Waals surface area contributed by atoms with Gasteiger partial charge < -0.3 is 19.5 Å². The topological polar surface area (TPSA) is 111 Å². The maximum Gasteiger partial charge on any atom is 0.451 e. The summed E-state index contributed by atoms with van der Waals surface area (Å²) in [5.41, 5.74) is 1.77. The molecule has 37 heavy (non-hydrogen) atoms. The second-order valence-corrected chi connectivity index (χ2v) is 9.82. The van der Waals surface area contributed by atoms with E-state index in [1.165, 1.54) is 0 Å². The fraction of sp³-hybridized carbons (Fsp3) is 0.458. The lowest BCUT2D eigenvalue weighted by molar-refractivity contribution is -0.148. The SMILES string of the molecule is CC1CN(c2c(C#N)c(CO)nc3ccc(Cl)cc23)CCC1C(=O)N1CCn2c(nnc2C(F)(F)F)C1. The van der Waals surface area contributed by atoms with Gasteiger partial charge in [0.1, 0.15) is 6.07 Å². The van der Waals surface area contributed by atoms with Crippen molar-refractivity contribution in [3.63, 3.8) is 0 Å². The molecule has 0 saturated carbocycles. The lowest BCUT2D eigenvalue weighted by Gasteiger charge is -2.40. The van der Waals surface area contributed by atoms with Gasteiger partial charge >= 0.3 is 6.18 Å². The maximum atomic E-state index is 13.4. The molecule has 9 nitrogen and oxygen atoms in total. The van der Waals surface area contributed by atoms with Crippen molar-refractivity contribution in [1.29, 1.82) is 5.26 Å². The molecule has 1 aromatic carbocycles. The van der Waals surface area contributed by atoms with E-state index in [1.54, 1.807) is 23.1 Å². The van der Waals surface area contributed by atoms with Crippen LogP contribution in [0.1, 0.15) is 36.3 Å². The molecule has 1 fully saturated rings. The number of aliphatic hydroxyl groups excluding tert-OH is 1. The Morgan fingerprint density at radius 3 is 2.73 bits per heavy atom. The molecule has 0 radical (unpaired) electrons. The Morgan fingerprint density at radius 2 is 2.05 bits per heavy atom. The minimum absolute atomic E-state index is 0.0185. The number of anilines is 1. The van der Waals surface area contributed by atoms with Crippen LogP contribution in [0.2, 0.25) is 5.02 Å². The van der Waals surface area contributed by atoms with Crippen LogP contribution in [0.5, 0.6) is 0 Å². The smallest absolute Gasteiger partial charge is 0.390 e. The fourth-order valence-corrected chi connectivity index (χ4v) is 5.51. The van der Waals surface area contributed by atoms with Crippen molar-refractivity contribution in [3.05, 3.63) is 46.1 Å². The number of alkyl halides is 3. The van der Waals surface area contributed by atoms with Gasteiger partial charge in [0.25, 0.3) is 0 Å². The van der Waals surface area contributed by atoms with E-state index >= 15 is 0 Å². The van der Waals surface area contributed by atoms with Gasteiger partial charge in [0.2, 0.25) is 11.7 Å². The number of benzene rings is 1. The number of halogens is 4. The largest absolute Gasteiger partial charge is 0.451 e. The standard InChI is InChI=1S/C24H23ClF3N7O2/c1-13-10-33(21-16-8-14(25)2-3-18(16)30-19(12-36)17(21)9-29)5-4-15(13)22(37)34-6-7-35-20(11-34)31-32-23(35)24(26,27)28/h2-3,8,13,15,36H,4-7,10-12H2,1H3. The van der Waals surface area contributed by atoms with E-state index in [2.05, 4.69) is 21.3 Å². The fourth-order valence-electron chi connectivity index (χ4n) is 5.33. The van der Waals surface area contributed by atoms with Crippen molar-refractivity contribution in [3.8, 4) is 6.07 Å². The highest BCUT2D eigenvalue weighted by molar-refractivity contribution is 6.31. The second-order valence-electron chi connectivity index (χ2n) is 9.38. The summed E-state index contributed by atoms with van der Waals surface area (Å²) in [6, 6.07) is 7.34. The number of rotatable bonds is 3. The number of fused-ring (bicyclic) bond motifs is 2. The van der Waals surface area contributed by atoms with Crippen LogP contribution in [0, 0.1) is 23.2 Å². The van der Waals surface area contributed by atoms with E-state index in [9.17, 15) is 28.3 Å². The number of piperidine rings is 1. The van der Waals surface area contributed by atoms with Gasteiger partial charge in [0.15, 0.2) is 5.82 Å². The van der Waals surface area contributed by atoms with Crippen molar-refractivity contribution in [2.24, 2.45) is 11.8 Å². The van der Waals surface area contributed by atoms with Crippen LogP contribution in [0.3, 0.4) is 0 Å². The first kappa shape index (κ1) is 25.2. The van der Waals surface area contributed by atoms with Gasteiger partial charge in [0.05, 0.1) is 35.6 Å². The zero-order valence-corrected chi connectivity index (χ0v) is 20.6. The summed E-state index contributed by atoms with van der Waals surface area (Å²) in [6.07, 6.45) is -4.11. The maximum absolute atomic E-state index is 13.4. The van der Waals surface area contributed by atoms with Crippen LogP contribution in [0.25, 0.3) is 10.9 Å². The van der Waals surface area contributed by atoms with Crippen LogP contribution >= 0.6 is 11.6 Å². The molecule has 1 N–H and O–H groups in total. The lowest BCUT2D eigenvalue weighted by Crippen LogP contribution is -2.49. The molecule has 2 atom stereocenters. The van der Waals surface area contributed by atoms with Crippen molar-refractivity contribution in [2.75, 3.05) is 24.5 Å². The highest BCUT2D eigenvalue weighted by atomic mass is 35.5. The molecule has 2 aromatic heterocycles. The van der Waals surface area contributed by atoms with E-state index in [1.807, 2.05) is 11.8 Å². The summed E-state index contributed by atoms with van der Waals surface area (Å²) < 4.78 is 40.5. The molecule has 3 aromatic rings. The summed E-state index contributed by atoms with van der Waals surface area (Å²) in [5.74, 6) is -1.51. The minimum atomic E-state index is -4.60. The molecule has 5 rings (SSSR count). The molecule has 13 heteroatoms. The average Bonchev–Trinajstić information content (AvgIpc) is 3.31. The van der Waals surface area contributed by atoms with E-state index in [-0.39, 0.29) is 54.5 Å². The second kappa shape index (κ2) is 9.46. The molecule has 4 heterocycles. The number of hydrogen-bond donors (Lipinski definition) is 1. The lowest BCUT2D eigenvalue weighted by atomic mass is 9.85. The molecule has 1 saturated heterocycles. The molecule has 1 amide bonds. The summed E-state index contributed by atoms with van der Waals surface area (Å²) >= 11 is 6.24. The Bertz CT molecular complexity index is 1420. The number of aliphatic hydroxyl groups is 1. The first-order chi connectivity index (χ1) is 17.6. The predicted octanol–water partition coefficient (Wildman–Crippen LogP) is 3.37. The summed E-state index contributed by atoms with van der Waals surface area (Å²) in [5, 5.41) is 27.8. The van der Waals surface area contributed by atoms with Crippen molar-refractivity contribution < 1.29 is 23.1 Å². The van der Waals surface area contributed by atoms with Crippen LogP contribution in [0.15, 0.2) is 18.2 Å². The number of aromatic nitrogens is 4. The van der Waals surface area contributed by atoms with Crippen LogP contribution < -0.4 is 4.90 Å².